The summed E-state index contributed by atoms with van der Waals surface area (Å²) < 4.78 is 9.96. The number of carbonyl (C=O) groups is 2. The monoisotopic (exact) mass is 362 g/mol. The zero-order chi connectivity index (χ0) is 18.8. The molecule has 1 aliphatic carbocycles. The molecule has 0 heterocycles. The molecule has 0 amide bonds. The van der Waals surface area contributed by atoms with Gasteiger partial charge in [-0.25, -0.2) is 9.59 Å². The second-order valence-corrected chi connectivity index (χ2v) is 6.15. The number of hydrogen-bond donors (Lipinski definition) is 0. The molecule has 134 valence electrons. The van der Waals surface area contributed by atoms with E-state index in [9.17, 15) is 20.1 Å². The minimum atomic E-state index is -0.672. The minimum absolute atomic E-state index is 0.0146. The summed E-state index contributed by atoms with van der Waals surface area (Å²) in [6.45, 7) is 3.70. The fourth-order valence-electron chi connectivity index (χ4n) is 2.88. The first-order chi connectivity index (χ1) is 12.0. The quantitative estimate of drug-likeness (QED) is 0.406. The molecule has 1 fully saturated rings. The average Bonchev–Trinajstić information content (AvgIpc) is 2.61. The standard InChI is InChI=1S/C18H22N2O4S/c1-4-23-17(21)14(10-19)12-8-6-7-9-13(12)16(25-3)15(11-20)18(22)24-5-2/h13H,4-9H2,1-3H3/b14-12+,16-15+. The molecule has 0 aromatic rings. The lowest BCUT2D eigenvalue weighted by molar-refractivity contribution is -0.138. The zero-order valence-electron chi connectivity index (χ0n) is 14.8. The lowest BCUT2D eigenvalue weighted by atomic mass is 9.80. The zero-order valence-corrected chi connectivity index (χ0v) is 15.6. The largest absolute Gasteiger partial charge is 0.462 e. The highest BCUT2D eigenvalue weighted by atomic mass is 32.2. The number of rotatable bonds is 6. The molecule has 1 rings (SSSR count). The Labute approximate surface area is 152 Å². The second kappa shape index (κ2) is 10.6. The van der Waals surface area contributed by atoms with E-state index < -0.39 is 11.9 Å². The van der Waals surface area contributed by atoms with Crippen LogP contribution in [-0.4, -0.2) is 31.4 Å². The van der Waals surface area contributed by atoms with Gasteiger partial charge in [0.1, 0.15) is 23.3 Å². The van der Waals surface area contributed by atoms with Crippen molar-refractivity contribution in [1.82, 2.24) is 0 Å². The van der Waals surface area contributed by atoms with Crippen molar-refractivity contribution in [2.24, 2.45) is 5.92 Å². The maximum absolute atomic E-state index is 12.1. The molecule has 0 radical (unpaired) electrons. The molecule has 6 nitrogen and oxygen atoms in total. The predicted octanol–water partition coefficient (Wildman–Crippen LogP) is 3.26. The number of esters is 2. The number of thioether (sulfide) groups is 1. The maximum atomic E-state index is 12.1. The van der Waals surface area contributed by atoms with E-state index in [0.717, 1.165) is 12.8 Å². The molecule has 0 aliphatic heterocycles. The summed E-state index contributed by atoms with van der Waals surface area (Å²) in [6.07, 6.45) is 4.74. The molecule has 0 bridgehead atoms. The van der Waals surface area contributed by atoms with E-state index in [1.165, 1.54) is 11.8 Å². The van der Waals surface area contributed by atoms with Gasteiger partial charge in [-0.05, 0) is 44.9 Å². The fraction of sp³-hybridized carbons (Fsp3) is 0.556. The highest BCUT2D eigenvalue weighted by molar-refractivity contribution is 8.02. The number of carbonyl (C=O) groups excluding carboxylic acids is 2. The van der Waals surface area contributed by atoms with Gasteiger partial charge in [-0.2, -0.15) is 10.5 Å². The van der Waals surface area contributed by atoms with Gasteiger partial charge in [-0.15, -0.1) is 11.8 Å². The molecule has 0 N–H and O–H groups in total. The van der Waals surface area contributed by atoms with Gasteiger partial charge < -0.3 is 9.47 Å². The molecule has 0 saturated heterocycles. The predicted molar refractivity (Wildman–Crippen MR) is 94.0 cm³/mol. The van der Waals surface area contributed by atoms with Crippen molar-refractivity contribution < 1.29 is 19.1 Å². The van der Waals surface area contributed by atoms with Gasteiger partial charge in [0.15, 0.2) is 0 Å². The van der Waals surface area contributed by atoms with E-state index in [4.69, 9.17) is 9.47 Å². The van der Waals surface area contributed by atoms with Crippen LogP contribution in [0.15, 0.2) is 21.6 Å². The Morgan fingerprint density at radius 1 is 1.12 bits per heavy atom. The van der Waals surface area contributed by atoms with Crippen molar-refractivity contribution in [1.29, 1.82) is 10.5 Å². The van der Waals surface area contributed by atoms with Crippen molar-refractivity contribution in [2.75, 3.05) is 19.5 Å². The van der Waals surface area contributed by atoms with Crippen LogP contribution in [0.4, 0.5) is 0 Å². The fourth-order valence-corrected chi connectivity index (χ4v) is 3.75. The van der Waals surface area contributed by atoms with Crippen LogP contribution in [0, 0.1) is 28.6 Å². The van der Waals surface area contributed by atoms with Gasteiger partial charge in [0.2, 0.25) is 0 Å². The molecular weight excluding hydrogens is 340 g/mol. The number of ether oxygens (including phenoxy) is 2. The number of hydrogen-bond acceptors (Lipinski definition) is 7. The highest BCUT2D eigenvalue weighted by Crippen LogP contribution is 2.41. The Morgan fingerprint density at radius 2 is 1.76 bits per heavy atom. The first-order valence-corrected chi connectivity index (χ1v) is 9.43. The maximum Gasteiger partial charge on any atom is 0.349 e. The van der Waals surface area contributed by atoms with Crippen LogP contribution in [0.2, 0.25) is 0 Å². The van der Waals surface area contributed by atoms with Crippen LogP contribution < -0.4 is 0 Å². The molecule has 25 heavy (non-hydrogen) atoms. The number of nitrogens with zero attached hydrogens (tertiary/aromatic N) is 2. The van der Waals surface area contributed by atoms with Gasteiger partial charge in [0.25, 0.3) is 0 Å². The minimum Gasteiger partial charge on any atom is -0.462 e. The van der Waals surface area contributed by atoms with Crippen LogP contribution in [0.25, 0.3) is 0 Å². The second-order valence-electron chi connectivity index (χ2n) is 5.31. The van der Waals surface area contributed by atoms with E-state index in [1.54, 1.807) is 20.1 Å². The first kappa shape index (κ1) is 20.8. The third-order valence-corrected chi connectivity index (χ3v) is 4.82. The third-order valence-electron chi connectivity index (χ3n) is 3.90. The van der Waals surface area contributed by atoms with Crippen LogP contribution in [-0.2, 0) is 19.1 Å². The first-order valence-electron chi connectivity index (χ1n) is 8.21. The average molecular weight is 362 g/mol. The van der Waals surface area contributed by atoms with Crippen LogP contribution >= 0.6 is 11.8 Å². The lowest BCUT2D eigenvalue weighted by Gasteiger charge is -2.28. The molecule has 0 spiro atoms. The summed E-state index contributed by atoms with van der Waals surface area (Å²) >= 11 is 1.28. The van der Waals surface area contributed by atoms with Gasteiger partial charge >= 0.3 is 11.9 Å². The number of nitriles is 2. The Kier molecular flexibility index (Phi) is 8.80. The molecule has 1 aliphatic rings. The van der Waals surface area contributed by atoms with Gasteiger partial charge in [0, 0.05) is 10.8 Å². The Balaban J connectivity index is 3.46. The molecule has 1 atom stereocenters. The van der Waals surface area contributed by atoms with Crippen molar-refractivity contribution in [3.63, 3.8) is 0 Å². The molecule has 1 unspecified atom stereocenters. The number of allylic oxidation sites excluding steroid dienone is 2. The van der Waals surface area contributed by atoms with Crippen molar-refractivity contribution in [3.8, 4) is 12.1 Å². The van der Waals surface area contributed by atoms with Crippen molar-refractivity contribution in [2.45, 2.75) is 39.5 Å². The van der Waals surface area contributed by atoms with Gasteiger partial charge in [0.05, 0.1) is 13.2 Å². The molecule has 7 heteroatoms. The Bertz CT molecular complexity index is 622. The molecule has 0 aromatic carbocycles. The molecule has 1 saturated carbocycles. The van der Waals surface area contributed by atoms with E-state index in [-0.39, 0.29) is 30.3 Å². The Hall–Kier alpha value is -2.25. The summed E-state index contributed by atoms with van der Waals surface area (Å²) in [7, 11) is 0. The summed E-state index contributed by atoms with van der Waals surface area (Å²) in [5.74, 6) is -1.64. The smallest absolute Gasteiger partial charge is 0.349 e. The van der Waals surface area contributed by atoms with E-state index in [2.05, 4.69) is 0 Å². The summed E-state index contributed by atoms with van der Waals surface area (Å²) in [4.78, 5) is 24.8. The van der Waals surface area contributed by atoms with Crippen LogP contribution in [0.3, 0.4) is 0 Å². The SMILES string of the molecule is CCOC(=O)/C(C#N)=C1\CCCCC1/C(SC)=C(/C#N)C(=O)OCC. The third kappa shape index (κ3) is 5.11. The van der Waals surface area contributed by atoms with E-state index in [1.807, 2.05) is 12.1 Å². The summed E-state index contributed by atoms with van der Waals surface area (Å²) in [6, 6.07) is 3.88. The lowest BCUT2D eigenvalue weighted by Crippen LogP contribution is -2.20. The van der Waals surface area contributed by atoms with Crippen LogP contribution in [0.1, 0.15) is 39.5 Å². The molecular formula is C18H22N2O4S. The van der Waals surface area contributed by atoms with Gasteiger partial charge in [-0.3, -0.25) is 0 Å². The van der Waals surface area contributed by atoms with Crippen molar-refractivity contribution in [3.05, 3.63) is 21.6 Å². The van der Waals surface area contributed by atoms with E-state index >= 15 is 0 Å². The van der Waals surface area contributed by atoms with Crippen LogP contribution in [0.5, 0.6) is 0 Å². The van der Waals surface area contributed by atoms with Gasteiger partial charge in [-0.1, -0.05) is 6.42 Å². The highest BCUT2D eigenvalue weighted by Gasteiger charge is 2.32. The normalized spacial score (nSPS) is 19.8. The van der Waals surface area contributed by atoms with Crippen molar-refractivity contribution >= 4 is 23.7 Å². The van der Waals surface area contributed by atoms with E-state index in [0.29, 0.717) is 23.3 Å². The Morgan fingerprint density at radius 3 is 2.28 bits per heavy atom. The summed E-state index contributed by atoms with van der Waals surface area (Å²) in [5.41, 5.74) is 0.577. The topological polar surface area (TPSA) is 100 Å². The molecule has 0 aromatic heterocycles. The summed E-state index contributed by atoms with van der Waals surface area (Å²) in [5, 5.41) is 18.9.